The van der Waals surface area contributed by atoms with E-state index < -0.39 is 10.0 Å². The molecule has 38 heavy (non-hydrogen) atoms. The highest BCUT2D eigenvalue weighted by molar-refractivity contribution is 7.89. The van der Waals surface area contributed by atoms with Gasteiger partial charge in [-0.15, -0.1) is 0 Å². The fraction of sp³-hybridized carbons (Fsp3) is 0.310. The van der Waals surface area contributed by atoms with Crippen molar-refractivity contribution in [3.05, 3.63) is 89.0 Å². The number of fused-ring (bicyclic) bond motifs is 1. The van der Waals surface area contributed by atoms with E-state index in [1.54, 1.807) is 23.5 Å². The minimum atomic E-state index is -3.68. The Labute approximate surface area is 228 Å². The first-order valence-electron chi connectivity index (χ1n) is 12.8. The van der Waals surface area contributed by atoms with Gasteiger partial charge in [-0.1, -0.05) is 54.7 Å². The Morgan fingerprint density at radius 1 is 0.974 bits per heavy atom. The van der Waals surface area contributed by atoms with E-state index in [1.165, 1.54) is 32.3 Å². The zero-order valence-corrected chi connectivity index (χ0v) is 23.6. The number of aryl methyl sites for hydroxylation is 2. The highest BCUT2D eigenvalue weighted by Gasteiger charge is 2.26. The molecule has 3 aromatic carbocycles. The predicted octanol–water partition coefficient (Wildman–Crippen LogP) is 5.09. The molecule has 1 aromatic heterocycles. The van der Waals surface area contributed by atoms with Gasteiger partial charge in [0, 0.05) is 44.8 Å². The van der Waals surface area contributed by atoms with Gasteiger partial charge in [0.05, 0.1) is 15.1 Å². The molecule has 0 N–H and O–H groups in total. The summed E-state index contributed by atoms with van der Waals surface area (Å²) in [4.78, 5) is 22.3. The van der Waals surface area contributed by atoms with Gasteiger partial charge in [0.15, 0.2) is 5.13 Å². The number of hydrogen-bond donors (Lipinski definition) is 0. The molecule has 1 aliphatic rings. The highest BCUT2D eigenvalue weighted by Crippen LogP contribution is 2.32. The molecule has 9 heteroatoms. The molecule has 5 rings (SSSR count). The van der Waals surface area contributed by atoms with Crippen molar-refractivity contribution < 1.29 is 13.2 Å². The molecule has 0 radical (unpaired) electrons. The second-order valence-corrected chi connectivity index (χ2v) is 12.6. The Morgan fingerprint density at radius 2 is 1.66 bits per heavy atom. The quantitative estimate of drug-likeness (QED) is 0.322. The Kier molecular flexibility index (Phi) is 7.52. The number of anilines is 1. The summed E-state index contributed by atoms with van der Waals surface area (Å²) in [6.07, 6.45) is 0. The monoisotopic (exact) mass is 548 g/mol. The van der Waals surface area contributed by atoms with Gasteiger partial charge in [0.2, 0.25) is 10.0 Å². The van der Waals surface area contributed by atoms with Crippen LogP contribution in [-0.4, -0.2) is 61.2 Å². The van der Waals surface area contributed by atoms with Crippen molar-refractivity contribution >= 4 is 42.6 Å². The van der Waals surface area contributed by atoms with E-state index in [2.05, 4.69) is 30.9 Å². The molecule has 4 aromatic rings. The van der Waals surface area contributed by atoms with Gasteiger partial charge >= 0.3 is 0 Å². The smallest absolute Gasteiger partial charge is 0.253 e. The largest absolute Gasteiger partial charge is 0.345 e. The van der Waals surface area contributed by atoms with Crippen LogP contribution in [0.25, 0.3) is 10.2 Å². The van der Waals surface area contributed by atoms with Crippen LogP contribution in [0.5, 0.6) is 0 Å². The summed E-state index contributed by atoms with van der Waals surface area (Å²) in [5.74, 6) is -0.0824. The summed E-state index contributed by atoms with van der Waals surface area (Å²) >= 11 is 1.70. The van der Waals surface area contributed by atoms with E-state index >= 15 is 0 Å². The van der Waals surface area contributed by atoms with Crippen LogP contribution < -0.4 is 4.90 Å². The van der Waals surface area contributed by atoms with Gasteiger partial charge in [-0.25, -0.2) is 13.4 Å². The van der Waals surface area contributed by atoms with E-state index in [4.69, 9.17) is 4.98 Å². The lowest BCUT2D eigenvalue weighted by Gasteiger charge is -2.34. The number of nitrogens with zero attached hydrogens (tertiary/aromatic N) is 4. The van der Waals surface area contributed by atoms with Crippen LogP contribution >= 0.6 is 11.3 Å². The summed E-state index contributed by atoms with van der Waals surface area (Å²) < 4.78 is 29.1. The number of piperazine rings is 1. The number of sulfonamides is 1. The van der Waals surface area contributed by atoms with Gasteiger partial charge in [0.25, 0.3) is 5.91 Å². The molecular formula is C29H32N4O3S2. The average molecular weight is 549 g/mol. The lowest BCUT2D eigenvalue weighted by Crippen LogP contribution is -2.48. The maximum absolute atomic E-state index is 13.2. The van der Waals surface area contributed by atoms with Gasteiger partial charge in [-0.2, -0.15) is 4.31 Å². The highest BCUT2D eigenvalue weighted by atomic mass is 32.2. The number of amides is 1. The van der Waals surface area contributed by atoms with Crippen LogP contribution in [-0.2, 0) is 16.6 Å². The molecular weight excluding hydrogens is 516 g/mol. The topological polar surface area (TPSA) is 73.8 Å². The van der Waals surface area contributed by atoms with Gasteiger partial charge in [-0.05, 0) is 60.9 Å². The van der Waals surface area contributed by atoms with Crippen molar-refractivity contribution in [2.24, 2.45) is 0 Å². The van der Waals surface area contributed by atoms with E-state index in [0.29, 0.717) is 44.8 Å². The fourth-order valence-electron chi connectivity index (χ4n) is 4.85. The van der Waals surface area contributed by atoms with Crippen LogP contribution in [0.4, 0.5) is 5.13 Å². The Hall–Kier alpha value is -3.27. The molecule has 1 saturated heterocycles. The lowest BCUT2D eigenvalue weighted by molar-refractivity contribution is 0.0746. The molecule has 0 atom stereocenters. The zero-order chi connectivity index (χ0) is 26.9. The molecule has 198 valence electrons. The van der Waals surface area contributed by atoms with Crippen LogP contribution in [0, 0.1) is 13.8 Å². The number of carbonyl (C=O) groups excluding carboxylic acids is 1. The number of hydrogen-bond acceptors (Lipinski definition) is 6. The van der Waals surface area contributed by atoms with Crippen LogP contribution in [0.2, 0.25) is 0 Å². The fourth-order valence-corrected chi connectivity index (χ4v) is 7.48. The summed E-state index contributed by atoms with van der Waals surface area (Å²) in [5.41, 5.74) is 4.89. The van der Waals surface area contributed by atoms with Gasteiger partial charge in [0.1, 0.15) is 0 Å². The van der Waals surface area contributed by atoms with E-state index in [-0.39, 0.29) is 10.8 Å². The molecule has 2 heterocycles. The third kappa shape index (κ3) is 5.32. The first kappa shape index (κ1) is 26.3. The van der Waals surface area contributed by atoms with Crippen LogP contribution in [0.1, 0.15) is 34.0 Å². The predicted molar refractivity (Wildman–Crippen MR) is 153 cm³/mol. The lowest BCUT2D eigenvalue weighted by atomic mass is 10.1. The zero-order valence-electron chi connectivity index (χ0n) is 21.9. The van der Waals surface area contributed by atoms with Crippen molar-refractivity contribution in [3.8, 4) is 0 Å². The second kappa shape index (κ2) is 10.8. The number of thiazole rings is 1. The molecule has 1 amide bonds. The van der Waals surface area contributed by atoms with E-state index in [0.717, 1.165) is 16.2 Å². The summed E-state index contributed by atoms with van der Waals surface area (Å²) in [5, 5.41) is 0.992. The van der Waals surface area contributed by atoms with Crippen molar-refractivity contribution in [2.45, 2.75) is 32.2 Å². The minimum absolute atomic E-state index is 0.0824. The summed E-state index contributed by atoms with van der Waals surface area (Å²) in [6, 6.07) is 20.2. The molecule has 0 aliphatic carbocycles. The van der Waals surface area contributed by atoms with Gasteiger partial charge < -0.3 is 9.80 Å². The van der Waals surface area contributed by atoms with Crippen LogP contribution in [0.3, 0.4) is 0 Å². The number of rotatable bonds is 7. The van der Waals surface area contributed by atoms with Crippen molar-refractivity contribution in [1.29, 1.82) is 0 Å². The Balaban J connectivity index is 1.24. The van der Waals surface area contributed by atoms with Crippen LogP contribution in [0.15, 0.2) is 71.6 Å². The normalized spacial score (nSPS) is 14.4. The van der Waals surface area contributed by atoms with E-state index in [1.807, 2.05) is 42.2 Å². The Bertz CT molecular complexity index is 1540. The second-order valence-electron chi connectivity index (χ2n) is 9.65. The SMILES string of the molecule is CCN(Cc1ccccc1)S(=O)(=O)c1ccc(C(=O)N2CCN(c3nc4c(C)cc(C)cc4s3)CC2)cc1. The maximum Gasteiger partial charge on any atom is 0.253 e. The third-order valence-corrected chi connectivity index (χ3v) is 9.95. The molecule has 0 unspecified atom stereocenters. The first-order chi connectivity index (χ1) is 18.3. The first-order valence-corrected chi connectivity index (χ1v) is 15.1. The summed E-state index contributed by atoms with van der Waals surface area (Å²) in [7, 11) is -3.68. The standard InChI is InChI=1S/C29H32N4O3S2/c1-4-33(20-23-8-6-5-7-9-23)38(35,36)25-12-10-24(11-13-25)28(34)31-14-16-32(17-15-31)29-30-27-22(3)18-21(2)19-26(27)37-29/h5-13,18-19H,4,14-17,20H2,1-3H3. The summed E-state index contributed by atoms with van der Waals surface area (Å²) in [6.45, 7) is 9.28. The molecule has 0 spiro atoms. The minimum Gasteiger partial charge on any atom is -0.345 e. The van der Waals surface area contributed by atoms with Gasteiger partial charge in [-0.3, -0.25) is 4.79 Å². The average Bonchev–Trinajstić information content (AvgIpc) is 3.36. The molecule has 0 saturated carbocycles. The Morgan fingerprint density at radius 3 is 2.32 bits per heavy atom. The third-order valence-electron chi connectivity index (χ3n) is 6.95. The van der Waals surface area contributed by atoms with E-state index in [9.17, 15) is 13.2 Å². The molecule has 0 bridgehead atoms. The maximum atomic E-state index is 13.2. The number of benzene rings is 3. The van der Waals surface area contributed by atoms with Crippen molar-refractivity contribution in [3.63, 3.8) is 0 Å². The number of aromatic nitrogens is 1. The van der Waals surface area contributed by atoms with Crippen molar-refractivity contribution in [1.82, 2.24) is 14.2 Å². The number of carbonyl (C=O) groups is 1. The van der Waals surface area contributed by atoms with Crippen molar-refractivity contribution in [2.75, 3.05) is 37.6 Å². The molecule has 1 fully saturated rings. The molecule has 1 aliphatic heterocycles. The molecule has 7 nitrogen and oxygen atoms in total.